The molecule has 0 rings (SSSR count). The highest BCUT2D eigenvalue weighted by Gasteiger charge is 2.20. The number of carbonyl (C=O) groups excluding carboxylic acids is 2. The van der Waals surface area contributed by atoms with Crippen LogP contribution in [-0.2, 0) is 14.3 Å². The quantitative estimate of drug-likeness (QED) is 0.0244. The third-order valence-corrected chi connectivity index (χ3v) is 13.1. The van der Waals surface area contributed by atoms with E-state index >= 15 is 0 Å². The fraction of sp³-hybridized carbons (Fsp3) is 0.833. The molecule has 6 heteroatoms. The Morgan fingerprint density at radius 2 is 0.803 bits per heavy atom. The largest absolute Gasteiger partial charge is 0.466 e. The molecule has 0 fully saturated rings. The van der Waals surface area contributed by atoms with Gasteiger partial charge in [0.1, 0.15) is 0 Å². The van der Waals surface area contributed by atoms with Crippen LogP contribution in [-0.4, -0.2) is 47.4 Å². The van der Waals surface area contributed by atoms with Gasteiger partial charge in [0.15, 0.2) is 0 Å². The van der Waals surface area contributed by atoms with Crippen molar-refractivity contribution < 1.29 is 24.5 Å². The first-order chi connectivity index (χ1) is 32.5. The van der Waals surface area contributed by atoms with Crippen molar-refractivity contribution in [3.63, 3.8) is 0 Å². The maximum atomic E-state index is 12.5. The number of carbonyl (C=O) groups is 2. The molecule has 2 atom stereocenters. The molecule has 0 aromatic rings. The highest BCUT2D eigenvalue weighted by molar-refractivity contribution is 5.76. The number of amides is 1. The molecule has 6 nitrogen and oxygen atoms in total. The highest BCUT2D eigenvalue weighted by atomic mass is 16.5. The Hall–Kier alpha value is -2.18. The SMILES string of the molecule is CCCCCC/C=C\C/C=C\CCCCCCCCCC(=O)OCCCCC/C=C\C=C/CCCCCCCCC(=O)NC(CO)C(O)CCCCCCCCCCCCCCCCCC. The number of ether oxygens (including phenoxy) is 1. The van der Waals surface area contributed by atoms with Crippen LogP contribution in [0.5, 0.6) is 0 Å². The Labute approximate surface area is 410 Å². The van der Waals surface area contributed by atoms with Gasteiger partial charge in [0.05, 0.1) is 25.4 Å². The summed E-state index contributed by atoms with van der Waals surface area (Å²) in [5.41, 5.74) is 0. The maximum absolute atomic E-state index is 12.5. The van der Waals surface area contributed by atoms with Gasteiger partial charge in [-0.3, -0.25) is 9.59 Å². The monoisotopic (exact) mass is 926 g/mol. The van der Waals surface area contributed by atoms with Crippen molar-refractivity contribution in [3.8, 4) is 0 Å². The fourth-order valence-corrected chi connectivity index (χ4v) is 8.66. The molecule has 0 aromatic carbocycles. The third kappa shape index (κ3) is 51.2. The Balaban J connectivity index is 3.52. The Morgan fingerprint density at radius 1 is 0.439 bits per heavy atom. The molecular weight excluding hydrogens is 815 g/mol. The first kappa shape index (κ1) is 63.8. The molecule has 386 valence electrons. The lowest BCUT2D eigenvalue weighted by molar-refractivity contribution is -0.143. The van der Waals surface area contributed by atoms with Crippen molar-refractivity contribution in [2.24, 2.45) is 0 Å². The van der Waals surface area contributed by atoms with E-state index in [1.165, 1.54) is 180 Å². The van der Waals surface area contributed by atoms with Gasteiger partial charge in [-0.25, -0.2) is 0 Å². The summed E-state index contributed by atoms with van der Waals surface area (Å²) >= 11 is 0. The number of unbranched alkanes of at least 4 members (excludes halogenated alkanes) is 35. The minimum atomic E-state index is -0.680. The molecule has 0 aliphatic carbocycles. The van der Waals surface area contributed by atoms with Crippen molar-refractivity contribution in [1.29, 1.82) is 0 Å². The van der Waals surface area contributed by atoms with E-state index in [4.69, 9.17) is 4.74 Å². The van der Waals surface area contributed by atoms with Gasteiger partial charge in [0, 0.05) is 12.8 Å². The first-order valence-electron chi connectivity index (χ1n) is 28.9. The van der Waals surface area contributed by atoms with Crippen LogP contribution in [0.2, 0.25) is 0 Å². The number of aliphatic hydroxyl groups is 2. The van der Waals surface area contributed by atoms with E-state index in [-0.39, 0.29) is 18.5 Å². The number of allylic oxidation sites excluding steroid dienone is 8. The number of hydrogen-bond donors (Lipinski definition) is 3. The van der Waals surface area contributed by atoms with E-state index in [9.17, 15) is 19.8 Å². The number of esters is 1. The summed E-state index contributed by atoms with van der Waals surface area (Å²) in [7, 11) is 0. The average Bonchev–Trinajstić information content (AvgIpc) is 3.32. The summed E-state index contributed by atoms with van der Waals surface area (Å²) in [6.45, 7) is 4.88. The number of nitrogens with one attached hydrogen (secondary N) is 1. The second-order valence-electron chi connectivity index (χ2n) is 19.6. The van der Waals surface area contributed by atoms with E-state index in [1.54, 1.807) is 0 Å². The number of hydrogen-bond acceptors (Lipinski definition) is 5. The summed E-state index contributed by atoms with van der Waals surface area (Å²) < 4.78 is 5.45. The Bertz CT molecular complexity index is 1110. The van der Waals surface area contributed by atoms with Gasteiger partial charge in [0.2, 0.25) is 5.91 Å². The number of aliphatic hydroxyl groups excluding tert-OH is 2. The Morgan fingerprint density at radius 3 is 1.26 bits per heavy atom. The van der Waals surface area contributed by atoms with Crippen LogP contribution in [0.4, 0.5) is 0 Å². The molecule has 1 amide bonds. The molecule has 0 saturated carbocycles. The minimum absolute atomic E-state index is 0.0292. The van der Waals surface area contributed by atoms with E-state index in [0.717, 1.165) is 83.5 Å². The normalized spacial score (nSPS) is 13.0. The standard InChI is InChI=1S/C60H111NO5/c1-3-5-7-9-11-13-15-17-19-21-22-26-30-34-38-42-46-50-54-60(65)66-55-51-47-43-39-35-31-27-23-25-29-33-37-41-45-49-53-59(64)61-57(56-62)58(63)52-48-44-40-36-32-28-24-20-18-16-14-12-10-8-6-4-2/h13,15,19,21,23,27,31,35,57-58,62-63H,3-12,14,16-18,20,22,24-26,28-30,32-34,36-56H2,1-2H3,(H,61,64)/b15-13-,21-19-,27-23-,35-31-. The van der Waals surface area contributed by atoms with E-state index in [1.807, 2.05) is 0 Å². The lowest BCUT2D eigenvalue weighted by Gasteiger charge is -2.22. The zero-order chi connectivity index (χ0) is 47.9. The van der Waals surface area contributed by atoms with Crippen LogP contribution in [0.15, 0.2) is 48.6 Å². The first-order valence-corrected chi connectivity index (χ1v) is 28.9. The minimum Gasteiger partial charge on any atom is -0.466 e. The van der Waals surface area contributed by atoms with Gasteiger partial charge in [0.25, 0.3) is 0 Å². The highest BCUT2D eigenvalue weighted by Crippen LogP contribution is 2.16. The lowest BCUT2D eigenvalue weighted by Crippen LogP contribution is -2.45. The van der Waals surface area contributed by atoms with Gasteiger partial charge < -0.3 is 20.3 Å². The van der Waals surface area contributed by atoms with Crippen LogP contribution in [0.25, 0.3) is 0 Å². The van der Waals surface area contributed by atoms with Crippen LogP contribution >= 0.6 is 0 Å². The molecule has 0 radical (unpaired) electrons. The molecular formula is C60H111NO5. The smallest absolute Gasteiger partial charge is 0.305 e. The van der Waals surface area contributed by atoms with Gasteiger partial charge in [-0.05, 0) is 89.9 Å². The second kappa shape index (κ2) is 55.4. The molecule has 2 unspecified atom stereocenters. The lowest BCUT2D eigenvalue weighted by atomic mass is 10.0. The molecule has 0 spiro atoms. The van der Waals surface area contributed by atoms with E-state index in [2.05, 4.69) is 67.8 Å². The third-order valence-electron chi connectivity index (χ3n) is 13.1. The van der Waals surface area contributed by atoms with Gasteiger partial charge >= 0.3 is 5.97 Å². The predicted octanol–water partition coefficient (Wildman–Crippen LogP) is 17.8. The molecule has 0 saturated heterocycles. The Kier molecular flexibility index (Phi) is 53.6. The van der Waals surface area contributed by atoms with Crippen LogP contribution < -0.4 is 5.32 Å². The summed E-state index contributed by atoms with van der Waals surface area (Å²) in [6, 6.07) is -0.559. The summed E-state index contributed by atoms with van der Waals surface area (Å²) in [5, 5.41) is 23.3. The van der Waals surface area contributed by atoms with Gasteiger partial charge in [-0.15, -0.1) is 0 Å². The average molecular weight is 927 g/mol. The molecule has 0 aliphatic rings. The van der Waals surface area contributed by atoms with Gasteiger partial charge in [-0.2, -0.15) is 0 Å². The summed E-state index contributed by atoms with van der Waals surface area (Å²) in [5.74, 6) is -0.0867. The van der Waals surface area contributed by atoms with E-state index in [0.29, 0.717) is 25.9 Å². The topological polar surface area (TPSA) is 95.9 Å². The van der Waals surface area contributed by atoms with E-state index < -0.39 is 12.1 Å². The molecule has 3 N–H and O–H groups in total. The molecule has 0 aromatic heterocycles. The predicted molar refractivity (Wildman–Crippen MR) is 287 cm³/mol. The van der Waals surface area contributed by atoms with Crippen molar-refractivity contribution in [2.45, 2.75) is 309 Å². The maximum Gasteiger partial charge on any atom is 0.305 e. The van der Waals surface area contributed by atoms with Crippen molar-refractivity contribution in [1.82, 2.24) is 5.32 Å². The van der Waals surface area contributed by atoms with Crippen molar-refractivity contribution >= 4 is 11.9 Å². The second-order valence-corrected chi connectivity index (χ2v) is 19.6. The molecule has 0 aliphatic heterocycles. The van der Waals surface area contributed by atoms with Crippen LogP contribution in [0.1, 0.15) is 296 Å². The molecule has 0 heterocycles. The van der Waals surface area contributed by atoms with Crippen LogP contribution in [0.3, 0.4) is 0 Å². The summed E-state index contributed by atoms with van der Waals surface area (Å²) in [6.07, 6.45) is 69.5. The zero-order valence-corrected chi connectivity index (χ0v) is 43.9. The van der Waals surface area contributed by atoms with Crippen molar-refractivity contribution in [3.05, 3.63) is 48.6 Å². The zero-order valence-electron chi connectivity index (χ0n) is 43.9. The van der Waals surface area contributed by atoms with Crippen LogP contribution in [0, 0.1) is 0 Å². The van der Waals surface area contributed by atoms with Crippen molar-refractivity contribution in [2.75, 3.05) is 13.2 Å². The number of rotatable bonds is 53. The van der Waals surface area contributed by atoms with Gasteiger partial charge in [-0.1, -0.05) is 242 Å². The summed E-state index contributed by atoms with van der Waals surface area (Å²) in [4.78, 5) is 24.5. The molecule has 66 heavy (non-hydrogen) atoms. The molecule has 0 bridgehead atoms. The fourth-order valence-electron chi connectivity index (χ4n) is 8.66.